The molecular weight excluding hydrogens is 594 g/mol. The third-order valence-corrected chi connectivity index (χ3v) is 8.11. The minimum Gasteiger partial charge on any atom is -0.481 e. The van der Waals surface area contributed by atoms with Crippen molar-refractivity contribution in [1.82, 2.24) is 5.32 Å². The molecule has 3 fully saturated rings. The SMILES string of the molecule is CC(O)CC(=O)N[C@@H]1C(C)O[C@@H](O[C@@H]2C(O)[C@H](OC3[C@H](OCC(C)C(=O)O)OC(C)[C@H](O)[C@@H]3O)OC(C)[C@@H]2O)C(CO)[C@H]1O. The molecule has 8 unspecified atom stereocenters. The van der Waals surface area contributed by atoms with Crippen molar-refractivity contribution in [2.45, 2.75) is 133 Å². The van der Waals surface area contributed by atoms with Gasteiger partial charge in [0.2, 0.25) is 5.91 Å². The predicted octanol–water partition coefficient (Wildman–Crippen LogP) is -3.60. The summed E-state index contributed by atoms with van der Waals surface area (Å²) < 4.78 is 34.4. The summed E-state index contributed by atoms with van der Waals surface area (Å²) in [5.41, 5.74) is 0. The fourth-order valence-corrected chi connectivity index (χ4v) is 5.32. The molecule has 0 aromatic rings. The summed E-state index contributed by atoms with van der Waals surface area (Å²) in [4.78, 5) is 23.5. The number of carboxylic acids is 1. The van der Waals surface area contributed by atoms with Gasteiger partial charge in [-0.05, 0) is 34.6 Å². The lowest BCUT2D eigenvalue weighted by atomic mass is 9.89. The Balaban J connectivity index is 1.75. The van der Waals surface area contributed by atoms with E-state index in [1.165, 1.54) is 34.6 Å². The van der Waals surface area contributed by atoms with E-state index in [9.17, 15) is 50.4 Å². The number of ether oxygens (including phenoxy) is 6. The minimum absolute atomic E-state index is 0.222. The summed E-state index contributed by atoms with van der Waals surface area (Å²) in [6, 6.07) is -0.972. The molecule has 3 aliphatic heterocycles. The van der Waals surface area contributed by atoms with Crippen molar-refractivity contribution in [2.24, 2.45) is 11.8 Å². The predicted molar refractivity (Wildman–Crippen MR) is 144 cm³/mol. The van der Waals surface area contributed by atoms with Gasteiger partial charge in [0.15, 0.2) is 18.9 Å². The van der Waals surface area contributed by atoms with Gasteiger partial charge in [0.1, 0.15) is 36.6 Å². The molecule has 3 aliphatic rings. The first-order valence-electron chi connectivity index (χ1n) is 14.7. The number of hydrogen-bond acceptors (Lipinski definition) is 15. The van der Waals surface area contributed by atoms with E-state index >= 15 is 0 Å². The minimum atomic E-state index is -1.76. The molecule has 0 aromatic carbocycles. The molecule has 0 saturated carbocycles. The summed E-state index contributed by atoms with van der Waals surface area (Å²) in [6.45, 7) is 6.29. The Morgan fingerprint density at radius 2 is 1.34 bits per heavy atom. The molecule has 0 spiro atoms. The van der Waals surface area contributed by atoms with Gasteiger partial charge in [-0.2, -0.15) is 0 Å². The number of rotatable bonds is 12. The highest BCUT2D eigenvalue weighted by Crippen LogP contribution is 2.34. The van der Waals surface area contributed by atoms with Gasteiger partial charge in [0.05, 0.1) is 68.0 Å². The molecular formula is C27H47NO16. The van der Waals surface area contributed by atoms with E-state index in [0.717, 1.165) is 0 Å². The molecule has 0 aromatic heterocycles. The van der Waals surface area contributed by atoms with Crippen LogP contribution in [0.2, 0.25) is 0 Å². The van der Waals surface area contributed by atoms with Gasteiger partial charge < -0.3 is 74.6 Å². The zero-order valence-corrected chi connectivity index (χ0v) is 25.3. The van der Waals surface area contributed by atoms with E-state index in [1.54, 1.807) is 0 Å². The van der Waals surface area contributed by atoms with Gasteiger partial charge in [-0.15, -0.1) is 0 Å². The first-order valence-corrected chi connectivity index (χ1v) is 14.7. The van der Waals surface area contributed by atoms with Gasteiger partial charge >= 0.3 is 5.97 Å². The van der Waals surface area contributed by atoms with Crippen LogP contribution in [0, 0.1) is 11.8 Å². The van der Waals surface area contributed by atoms with Crippen molar-refractivity contribution in [1.29, 1.82) is 0 Å². The maximum atomic E-state index is 12.2. The first kappa shape index (κ1) is 36.9. The van der Waals surface area contributed by atoms with Gasteiger partial charge in [-0.1, -0.05) is 0 Å². The molecule has 0 radical (unpaired) electrons. The van der Waals surface area contributed by atoms with E-state index in [0.29, 0.717) is 0 Å². The smallest absolute Gasteiger partial charge is 0.308 e. The lowest BCUT2D eigenvalue weighted by molar-refractivity contribution is -0.377. The van der Waals surface area contributed by atoms with Crippen LogP contribution in [0.4, 0.5) is 0 Å². The standard InChI is InChI=1S/C27H47NO16/c1-9(24(37)38)8-39-27-23(20(35)17(32)12(4)42-27)44-26-21(36)22(18(33)13(5)41-26)43-25-14(7-29)19(34)16(11(3)40-25)28-15(31)6-10(2)30/h9-14,16-23,25-27,29-30,32-36H,6-8H2,1-5H3,(H,28,31)(H,37,38)/t9?,10?,11?,12?,13?,14?,16-,17+,18+,19-,20+,21?,22+,23?,25+,26+,27-/m1/s1. The van der Waals surface area contributed by atoms with Crippen molar-refractivity contribution in [3.63, 3.8) is 0 Å². The van der Waals surface area contributed by atoms with Gasteiger partial charge in [-0.25, -0.2) is 0 Å². The number of nitrogens with one attached hydrogen (secondary N) is 1. The number of carboxylic acid groups (broad SMARTS) is 1. The summed E-state index contributed by atoms with van der Waals surface area (Å²) in [7, 11) is 0. The Bertz CT molecular complexity index is 942. The fourth-order valence-electron chi connectivity index (χ4n) is 5.32. The van der Waals surface area contributed by atoms with Crippen molar-refractivity contribution in [3.05, 3.63) is 0 Å². The average Bonchev–Trinajstić information content (AvgIpc) is 2.94. The second-order valence-corrected chi connectivity index (χ2v) is 11.8. The molecule has 1 amide bonds. The van der Waals surface area contributed by atoms with Crippen LogP contribution in [0.25, 0.3) is 0 Å². The molecule has 256 valence electrons. The third-order valence-electron chi connectivity index (χ3n) is 8.11. The molecule has 17 atom stereocenters. The van der Waals surface area contributed by atoms with Crippen molar-refractivity contribution in [2.75, 3.05) is 13.2 Å². The third kappa shape index (κ3) is 8.61. The normalized spacial score (nSPS) is 44.5. The van der Waals surface area contributed by atoms with Crippen LogP contribution in [0.15, 0.2) is 0 Å². The maximum Gasteiger partial charge on any atom is 0.308 e. The zero-order valence-electron chi connectivity index (χ0n) is 25.3. The lowest BCUT2D eigenvalue weighted by Gasteiger charge is -2.48. The van der Waals surface area contributed by atoms with Crippen molar-refractivity contribution < 1.29 is 78.9 Å². The van der Waals surface area contributed by atoms with E-state index < -0.39 is 122 Å². The molecule has 3 heterocycles. The second kappa shape index (κ2) is 15.8. The Labute approximate surface area is 254 Å². The molecule has 17 heteroatoms. The fraction of sp³-hybridized carbons (Fsp3) is 0.926. The van der Waals surface area contributed by atoms with Crippen molar-refractivity contribution in [3.8, 4) is 0 Å². The highest BCUT2D eigenvalue weighted by Gasteiger charge is 2.53. The Hall–Kier alpha value is -1.58. The second-order valence-electron chi connectivity index (χ2n) is 11.8. The van der Waals surface area contributed by atoms with E-state index in [4.69, 9.17) is 28.4 Å². The number of amides is 1. The van der Waals surface area contributed by atoms with Crippen molar-refractivity contribution >= 4 is 11.9 Å². The Kier molecular flexibility index (Phi) is 13.3. The highest BCUT2D eigenvalue weighted by atomic mass is 16.8. The molecule has 3 saturated heterocycles. The van der Waals surface area contributed by atoms with Crippen LogP contribution >= 0.6 is 0 Å². The van der Waals surface area contributed by atoms with Crippen LogP contribution in [0.1, 0.15) is 41.0 Å². The van der Waals surface area contributed by atoms with Crippen LogP contribution in [0.5, 0.6) is 0 Å². The molecule has 3 rings (SSSR count). The van der Waals surface area contributed by atoms with E-state index in [-0.39, 0.29) is 13.0 Å². The number of hydrogen-bond donors (Lipinski definition) is 9. The summed E-state index contributed by atoms with van der Waals surface area (Å²) in [5, 5.41) is 85.5. The van der Waals surface area contributed by atoms with Gasteiger partial charge in [0.25, 0.3) is 0 Å². The van der Waals surface area contributed by atoms with Crippen LogP contribution < -0.4 is 5.32 Å². The number of carbonyl (C=O) groups is 2. The Morgan fingerprint density at radius 3 is 1.93 bits per heavy atom. The quantitative estimate of drug-likeness (QED) is 0.0996. The largest absolute Gasteiger partial charge is 0.481 e. The summed E-state index contributed by atoms with van der Waals surface area (Å²) in [5.74, 6) is -3.77. The number of carbonyl (C=O) groups excluding carboxylic acids is 1. The lowest BCUT2D eigenvalue weighted by Crippen LogP contribution is -2.66. The molecule has 9 N–H and O–H groups in total. The summed E-state index contributed by atoms with van der Waals surface area (Å²) in [6.07, 6.45) is -18.9. The van der Waals surface area contributed by atoms with E-state index in [1.807, 2.05) is 0 Å². The Morgan fingerprint density at radius 1 is 0.773 bits per heavy atom. The van der Waals surface area contributed by atoms with Crippen LogP contribution in [0.3, 0.4) is 0 Å². The average molecular weight is 642 g/mol. The first-order chi connectivity index (χ1) is 20.6. The van der Waals surface area contributed by atoms with Gasteiger partial charge in [0, 0.05) is 0 Å². The van der Waals surface area contributed by atoms with Gasteiger partial charge in [-0.3, -0.25) is 9.59 Å². The molecule has 44 heavy (non-hydrogen) atoms. The van der Waals surface area contributed by atoms with Crippen LogP contribution in [-0.2, 0) is 38.0 Å². The number of aliphatic hydroxyl groups excluding tert-OH is 7. The van der Waals surface area contributed by atoms with E-state index in [2.05, 4.69) is 5.32 Å². The summed E-state index contributed by atoms with van der Waals surface area (Å²) >= 11 is 0. The number of aliphatic hydroxyl groups is 7. The van der Waals surface area contributed by atoms with Crippen LogP contribution in [-0.4, -0.2) is 158 Å². The highest BCUT2D eigenvalue weighted by molar-refractivity contribution is 5.76. The maximum absolute atomic E-state index is 12.2. The number of aliphatic carboxylic acids is 1. The monoisotopic (exact) mass is 641 g/mol. The zero-order chi connectivity index (χ0) is 33.0. The molecule has 0 aliphatic carbocycles. The molecule has 0 bridgehead atoms. The molecule has 17 nitrogen and oxygen atoms in total. The topological polar surface area (TPSA) is 263 Å².